The molecule has 0 spiro atoms. The Morgan fingerprint density at radius 1 is 1.38 bits per heavy atom. The predicted molar refractivity (Wildman–Crippen MR) is 75.0 cm³/mol. The smallest absolute Gasteiger partial charge is 0.207 e. The molecule has 4 heteroatoms. The van der Waals surface area contributed by atoms with Gasteiger partial charge in [-0.05, 0) is 46.9 Å². The van der Waals surface area contributed by atoms with Gasteiger partial charge >= 0.3 is 0 Å². The first-order valence-corrected chi connectivity index (χ1v) is 6.03. The van der Waals surface area contributed by atoms with Crippen LogP contribution in [0.3, 0.4) is 0 Å². The zero-order chi connectivity index (χ0) is 11.4. The molecule has 0 aliphatic heterocycles. The number of nitrogens with one attached hydrogen (secondary N) is 1. The van der Waals surface area contributed by atoms with Gasteiger partial charge in [0.15, 0.2) is 0 Å². The number of nitrogens with zero attached hydrogens (tertiary/aromatic N) is 2. The summed E-state index contributed by atoms with van der Waals surface area (Å²) in [7, 11) is 0. The van der Waals surface area contributed by atoms with E-state index in [2.05, 4.69) is 63.7 Å². The number of benzene rings is 1. The predicted octanol–water partition coefficient (Wildman–Crippen LogP) is 3.07. The van der Waals surface area contributed by atoms with Crippen molar-refractivity contribution < 1.29 is 0 Å². The highest BCUT2D eigenvalue weighted by molar-refractivity contribution is 14.1. The molecule has 0 saturated heterocycles. The second-order valence-corrected chi connectivity index (χ2v) is 4.51. The standard InChI is InChI=1S/C12H12IN3/c1-2-7-14-12-15-8-9-16(12)11-5-3-10(13)4-6-11/h2-6,8-9H,1,7H2,(H,14,15). The zero-order valence-corrected chi connectivity index (χ0v) is 10.9. The van der Waals surface area contributed by atoms with E-state index in [0.29, 0.717) is 6.54 Å². The van der Waals surface area contributed by atoms with Crippen LogP contribution in [-0.2, 0) is 0 Å². The van der Waals surface area contributed by atoms with Crippen LogP contribution in [-0.4, -0.2) is 16.1 Å². The van der Waals surface area contributed by atoms with Crippen molar-refractivity contribution in [3.8, 4) is 5.69 Å². The number of aromatic nitrogens is 2. The maximum absolute atomic E-state index is 4.25. The Morgan fingerprint density at radius 3 is 2.81 bits per heavy atom. The molecular weight excluding hydrogens is 313 g/mol. The number of halogens is 1. The molecule has 0 aliphatic rings. The average molecular weight is 325 g/mol. The third-order valence-electron chi connectivity index (χ3n) is 2.15. The molecule has 0 saturated carbocycles. The molecule has 0 aliphatic carbocycles. The number of hydrogen-bond donors (Lipinski definition) is 1. The van der Waals surface area contributed by atoms with Gasteiger partial charge in [0.2, 0.25) is 5.95 Å². The Balaban J connectivity index is 2.29. The van der Waals surface area contributed by atoms with E-state index >= 15 is 0 Å². The number of anilines is 1. The summed E-state index contributed by atoms with van der Waals surface area (Å²) < 4.78 is 3.24. The van der Waals surface area contributed by atoms with Gasteiger partial charge in [0, 0.05) is 28.2 Å². The van der Waals surface area contributed by atoms with E-state index in [1.165, 1.54) is 3.57 Å². The Hall–Kier alpha value is -1.30. The molecule has 2 aromatic rings. The van der Waals surface area contributed by atoms with E-state index in [-0.39, 0.29) is 0 Å². The molecule has 1 N–H and O–H groups in total. The lowest BCUT2D eigenvalue weighted by Crippen LogP contribution is -2.05. The van der Waals surface area contributed by atoms with Crippen molar-refractivity contribution in [1.82, 2.24) is 9.55 Å². The fourth-order valence-corrected chi connectivity index (χ4v) is 1.77. The summed E-state index contributed by atoms with van der Waals surface area (Å²) in [6.07, 6.45) is 5.53. The summed E-state index contributed by atoms with van der Waals surface area (Å²) in [4.78, 5) is 4.25. The normalized spacial score (nSPS) is 10.1. The fourth-order valence-electron chi connectivity index (χ4n) is 1.41. The third-order valence-corrected chi connectivity index (χ3v) is 2.87. The van der Waals surface area contributed by atoms with E-state index in [9.17, 15) is 0 Å². The first kappa shape index (κ1) is 11.2. The summed E-state index contributed by atoms with van der Waals surface area (Å²) in [5.41, 5.74) is 1.10. The SMILES string of the molecule is C=CCNc1nccn1-c1ccc(I)cc1. The highest BCUT2D eigenvalue weighted by Gasteiger charge is 2.02. The van der Waals surface area contributed by atoms with E-state index in [4.69, 9.17) is 0 Å². The molecule has 0 fully saturated rings. The van der Waals surface area contributed by atoms with E-state index in [0.717, 1.165) is 11.6 Å². The van der Waals surface area contributed by atoms with Crippen LogP contribution in [0.2, 0.25) is 0 Å². The summed E-state index contributed by atoms with van der Waals surface area (Å²) in [6, 6.07) is 8.30. The van der Waals surface area contributed by atoms with Crippen molar-refractivity contribution in [2.75, 3.05) is 11.9 Å². The van der Waals surface area contributed by atoms with Crippen molar-refractivity contribution in [2.45, 2.75) is 0 Å². The summed E-state index contributed by atoms with van der Waals surface area (Å²) in [5, 5.41) is 3.19. The Kier molecular flexibility index (Phi) is 3.61. The second kappa shape index (κ2) is 5.16. The van der Waals surface area contributed by atoms with Gasteiger partial charge in [-0.15, -0.1) is 6.58 Å². The number of hydrogen-bond acceptors (Lipinski definition) is 2. The number of rotatable bonds is 4. The van der Waals surface area contributed by atoms with Gasteiger partial charge < -0.3 is 5.32 Å². The Morgan fingerprint density at radius 2 is 2.12 bits per heavy atom. The molecule has 2 rings (SSSR count). The molecule has 1 aromatic carbocycles. The molecule has 0 unspecified atom stereocenters. The van der Waals surface area contributed by atoms with Crippen molar-refractivity contribution >= 4 is 28.5 Å². The molecule has 0 atom stereocenters. The van der Waals surface area contributed by atoms with Crippen molar-refractivity contribution in [2.24, 2.45) is 0 Å². The van der Waals surface area contributed by atoms with Crippen LogP contribution in [0.25, 0.3) is 5.69 Å². The van der Waals surface area contributed by atoms with Crippen molar-refractivity contribution in [1.29, 1.82) is 0 Å². The van der Waals surface area contributed by atoms with Gasteiger partial charge in [-0.3, -0.25) is 4.57 Å². The Labute approximate surface area is 108 Å². The number of imidazole rings is 1. The highest BCUT2D eigenvalue weighted by Crippen LogP contribution is 2.15. The molecule has 1 aromatic heterocycles. The highest BCUT2D eigenvalue weighted by atomic mass is 127. The molecule has 3 nitrogen and oxygen atoms in total. The minimum absolute atomic E-state index is 0.710. The largest absolute Gasteiger partial charge is 0.352 e. The second-order valence-electron chi connectivity index (χ2n) is 3.27. The van der Waals surface area contributed by atoms with Crippen LogP contribution in [0.5, 0.6) is 0 Å². The quantitative estimate of drug-likeness (QED) is 0.692. The molecule has 0 amide bonds. The van der Waals surface area contributed by atoms with Crippen molar-refractivity contribution in [3.05, 3.63) is 52.9 Å². The molecular formula is C12H12IN3. The van der Waals surface area contributed by atoms with Gasteiger partial charge in [0.25, 0.3) is 0 Å². The lowest BCUT2D eigenvalue weighted by Gasteiger charge is -2.08. The summed E-state index contributed by atoms with van der Waals surface area (Å²) in [6.45, 7) is 4.38. The van der Waals surface area contributed by atoms with E-state index in [1.54, 1.807) is 6.20 Å². The van der Waals surface area contributed by atoms with E-state index in [1.807, 2.05) is 16.8 Å². The molecule has 82 valence electrons. The molecule has 16 heavy (non-hydrogen) atoms. The first-order valence-electron chi connectivity index (χ1n) is 4.95. The molecule has 1 heterocycles. The fraction of sp³-hybridized carbons (Fsp3) is 0.0833. The summed E-state index contributed by atoms with van der Waals surface area (Å²) >= 11 is 2.29. The van der Waals surface area contributed by atoms with Crippen LogP contribution in [0.15, 0.2) is 49.3 Å². The lowest BCUT2D eigenvalue weighted by atomic mass is 10.3. The van der Waals surface area contributed by atoms with Gasteiger partial charge in [0.1, 0.15) is 0 Å². The van der Waals surface area contributed by atoms with Gasteiger partial charge in [-0.2, -0.15) is 0 Å². The van der Waals surface area contributed by atoms with Gasteiger partial charge in [-0.1, -0.05) is 6.08 Å². The van der Waals surface area contributed by atoms with Gasteiger partial charge in [-0.25, -0.2) is 4.98 Å². The average Bonchev–Trinajstić information content (AvgIpc) is 2.75. The van der Waals surface area contributed by atoms with E-state index < -0.39 is 0 Å². The maximum atomic E-state index is 4.25. The monoisotopic (exact) mass is 325 g/mol. The van der Waals surface area contributed by atoms with Crippen molar-refractivity contribution in [3.63, 3.8) is 0 Å². The zero-order valence-electron chi connectivity index (χ0n) is 8.73. The van der Waals surface area contributed by atoms with Crippen LogP contribution in [0.4, 0.5) is 5.95 Å². The minimum Gasteiger partial charge on any atom is -0.352 e. The van der Waals surface area contributed by atoms with Crippen LogP contribution in [0, 0.1) is 3.57 Å². The van der Waals surface area contributed by atoms with Crippen LogP contribution in [0.1, 0.15) is 0 Å². The molecule has 0 bridgehead atoms. The van der Waals surface area contributed by atoms with Gasteiger partial charge in [0.05, 0.1) is 0 Å². The topological polar surface area (TPSA) is 29.9 Å². The third kappa shape index (κ3) is 2.44. The first-order chi connectivity index (χ1) is 7.81. The molecule has 0 radical (unpaired) electrons. The minimum atomic E-state index is 0.710. The Bertz CT molecular complexity index is 473. The summed E-state index contributed by atoms with van der Waals surface area (Å²) in [5.74, 6) is 0.834. The lowest BCUT2D eigenvalue weighted by molar-refractivity contribution is 1.04. The van der Waals surface area contributed by atoms with Crippen LogP contribution < -0.4 is 5.32 Å². The van der Waals surface area contributed by atoms with Crippen LogP contribution >= 0.6 is 22.6 Å². The maximum Gasteiger partial charge on any atom is 0.207 e.